The number of para-hydroxylation sites is 1. The Morgan fingerprint density at radius 1 is 1.11 bits per heavy atom. The van der Waals surface area contributed by atoms with Crippen LogP contribution in [0.1, 0.15) is 16.1 Å². The lowest BCUT2D eigenvalue weighted by Gasteiger charge is -2.04. The zero-order chi connectivity index (χ0) is 19.2. The van der Waals surface area contributed by atoms with Crippen molar-refractivity contribution in [2.75, 3.05) is 5.32 Å². The molecule has 5 nitrogen and oxygen atoms in total. The van der Waals surface area contributed by atoms with Gasteiger partial charge in [0.2, 0.25) is 0 Å². The highest BCUT2D eigenvalue weighted by Gasteiger charge is 2.30. The van der Waals surface area contributed by atoms with Gasteiger partial charge in [-0.15, -0.1) is 0 Å². The molecule has 0 spiro atoms. The van der Waals surface area contributed by atoms with Crippen LogP contribution in [0.4, 0.5) is 18.3 Å². The molecule has 27 heavy (non-hydrogen) atoms. The summed E-state index contributed by atoms with van der Waals surface area (Å²) in [4.78, 5) is 28.5. The molecule has 0 unspecified atom stereocenters. The van der Waals surface area contributed by atoms with E-state index in [4.69, 9.17) is 4.42 Å². The number of alkyl halides is 3. The molecular weight excluding hydrogens is 381 g/mol. The number of hydrogen-bond acceptors (Lipinski definition) is 5. The second-order valence-electron chi connectivity index (χ2n) is 5.62. The molecule has 0 bridgehead atoms. The summed E-state index contributed by atoms with van der Waals surface area (Å²) in [5.41, 5.74) is -0.587. The highest BCUT2D eigenvalue weighted by Crippen LogP contribution is 2.34. The van der Waals surface area contributed by atoms with Gasteiger partial charge in [0.05, 0.1) is 21.2 Å². The van der Waals surface area contributed by atoms with E-state index in [0.29, 0.717) is 10.9 Å². The molecular formula is C18H9F3N2O3S. The van der Waals surface area contributed by atoms with Crippen molar-refractivity contribution in [1.82, 2.24) is 4.98 Å². The van der Waals surface area contributed by atoms with E-state index < -0.39 is 17.6 Å². The topological polar surface area (TPSA) is 72.2 Å². The van der Waals surface area contributed by atoms with Crippen LogP contribution in [0.2, 0.25) is 0 Å². The molecule has 2 aromatic carbocycles. The van der Waals surface area contributed by atoms with Gasteiger partial charge in [-0.2, -0.15) is 13.2 Å². The fraction of sp³-hybridized carbons (Fsp3) is 0.0556. The summed E-state index contributed by atoms with van der Waals surface area (Å²) in [6.45, 7) is 0. The fourth-order valence-electron chi connectivity index (χ4n) is 2.53. The van der Waals surface area contributed by atoms with E-state index in [1.807, 2.05) is 0 Å². The minimum absolute atomic E-state index is 0.102. The first-order chi connectivity index (χ1) is 12.8. The van der Waals surface area contributed by atoms with E-state index in [1.165, 1.54) is 6.07 Å². The van der Waals surface area contributed by atoms with Crippen LogP contribution in [0.25, 0.3) is 21.2 Å². The van der Waals surface area contributed by atoms with Gasteiger partial charge in [-0.05, 0) is 30.3 Å². The largest absolute Gasteiger partial charge is 0.451 e. The Morgan fingerprint density at radius 3 is 2.67 bits per heavy atom. The summed E-state index contributed by atoms with van der Waals surface area (Å²) in [5, 5.41) is 2.90. The van der Waals surface area contributed by atoms with E-state index >= 15 is 0 Å². The number of rotatable bonds is 2. The third kappa shape index (κ3) is 3.28. The third-order valence-corrected chi connectivity index (χ3v) is 4.73. The molecule has 1 amide bonds. The third-order valence-electron chi connectivity index (χ3n) is 3.79. The van der Waals surface area contributed by atoms with Crippen LogP contribution < -0.4 is 10.7 Å². The maximum atomic E-state index is 12.8. The summed E-state index contributed by atoms with van der Waals surface area (Å²) in [5.74, 6) is -0.929. The van der Waals surface area contributed by atoms with Gasteiger partial charge < -0.3 is 4.42 Å². The van der Waals surface area contributed by atoms with Gasteiger partial charge in [0.1, 0.15) is 5.58 Å². The molecule has 0 saturated heterocycles. The number of benzene rings is 2. The van der Waals surface area contributed by atoms with Crippen LogP contribution in [0, 0.1) is 0 Å². The summed E-state index contributed by atoms with van der Waals surface area (Å²) in [6.07, 6.45) is -4.46. The number of aromatic nitrogens is 1. The van der Waals surface area contributed by atoms with Crippen molar-refractivity contribution in [3.63, 3.8) is 0 Å². The number of fused-ring (bicyclic) bond motifs is 2. The fourth-order valence-corrected chi connectivity index (χ4v) is 3.43. The monoisotopic (exact) mass is 390 g/mol. The van der Waals surface area contributed by atoms with Crippen molar-refractivity contribution in [2.24, 2.45) is 0 Å². The van der Waals surface area contributed by atoms with Gasteiger partial charge in [0, 0.05) is 6.07 Å². The molecule has 0 saturated carbocycles. The molecule has 4 rings (SSSR count). The molecule has 2 aromatic heterocycles. The van der Waals surface area contributed by atoms with Crippen LogP contribution in [0.15, 0.2) is 57.7 Å². The van der Waals surface area contributed by atoms with Crippen molar-refractivity contribution in [1.29, 1.82) is 0 Å². The zero-order valence-electron chi connectivity index (χ0n) is 13.3. The van der Waals surface area contributed by atoms with Crippen molar-refractivity contribution >= 4 is 43.6 Å². The Balaban J connectivity index is 1.66. The van der Waals surface area contributed by atoms with Crippen molar-refractivity contribution < 1.29 is 22.4 Å². The van der Waals surface area contributed by atoms with Crippen LogP contribution in [0.5, 0.6) is 0 Å². The molecule has 2 heterocycles. The number of hydrogen-bond donors (Lipinski definition) is 1. The van der Waals surface area contributed by atoms with Gasteiger partial charge in [0.15, 0.2) is 16.3 Å². The summed E-state index contributed by atoms with van der Waals surface area (Å²) >= 11 is 0.896. The van der Waals surface area contributed by atoms with Gasteiger partial charge in [-0.3, -0.25) is 14.9 Å². The van der Waals surface area contributed by atoms with Crippen LogP contribution in [-0.4, -0.2) is 10.9 Å². The molecule has 0 radical (unpaired) electrons. The average Bonchev–Trinajstić information content (AvgIpc) is 3.02. The Hall–Kier alpha value is -3.20. The number of halogens is 3. The number of anilines is 1. The lowest BCUT2D eigenvalue weighted by atomic mass is 10.2. The lowest BCUT2D eigenvalue weighted by Crippen LogP contribution is -2.14. The number of nitrogens with zero attached hydrogens (tertiary/aromatic N) is 1. The van der Waals surface area contributed by atoms with Crippen LogP contribution in [-0.2, 0) is 6.18 Å². The predicted molar refractivity (Wildman–Crippen MR) is 95.1 cm³/mol. The molecule has 0 atom stereocenters. The Labute approximate surface area is 153 Å². The zero-order valence-corrected chi connectivity index (χ0v) is 14.1. The molecule has 0 fully saturated rings. The predicted octanol–water partition coefficient (Wildman–Crippen LogP) is 4.67. The van der Waals surface area contributed by atoms with Gasteiger partial charge in [-0.1, -0.05) is 23.5 Å². The summed E-state index contributed by atoms with van der Waals surface area (Å²) in [6, 6.07) is 10.7. The molecule has 4 aromatic rings. The SMILES string of the molecule is O=C(Nc1nc2ccc(C(F)(F)F)cc2s1)c1cc(=O)c2ccccc2o1. The smallest absolute Gasteiger partial charge is 0.416 e. The molecule has 0 aliphatic carbocycles. The second kappa shape index (κ2) is 6.20. The van der Waals surface area contributed by atoms with E-state index in [-0.39, 0.29) is 26.6 Å². The number of thiazole rings is 1. The first-order valence-electron chi connectivity index (χ1n) is 7.63. The highest BCUT2D eigenvalue weighted by molar-refractivity contribution is 7.22. The maximum Gasteiger partial charge on any atom is 0.416 e. The molecule has 9 heteroatoms. The van der Waals surface area contributed by atoms with Crippen molar-refractivity contribution in [3.05, 3.63) is 70.1 Å². The maximum absolute atomic E-state index is 12.8. The Morgan fingerprint density at radius 2 is 1.89 bits per heavy atom. The molecule has 0 aliphatic heterocycles. The van der Waals surface area contributed by atoms with E-state index in [9.17, 15) is 22.8 Å². The van der Waals surface area contributed by atoms with E-state index in [2.05, 4.69) is 10.3 Å². The summed E-state index contributed by atoms with van der Waals surface area (Å²) < 4.78 is 44.1. The van der Waals surface area contributed by atoms with Crippen molar-refractivity contribution in [2.45, 2.75) is 6.18 Å². The Bertz CT molecular complexity index is 1240. The second-order valence-corrected chi connectivity index (χ2v) is 6.66. The van der Waals surface area contributed by atoms with Gasteiger partial charge >= 0.3 is 6.18 Å². The minimum atomic E-state index is -4.46. The molecule has 0 aliphatic rings. The lowest BCUT2D eigenvalue weighted by molar-refractivity contribution is -0.137. The molecule has 136 valence electrons. The minimum Gasteiger partial charge on any atom is -0.451 e. The van der Waals surface area contributed by atoms with E-state index in [1.54, 1.807) is 24.3 Å². The van der Waals surface area contributed by atoms with Gasteiger partial charge in [-0.25, -0.2) is 4.98 Å². The Kier molecular flexibility index (Phi) is 3.96. The highest BCUT2D eigenvalue weighted by atomic mass is 32.1. The first kappa shape index (κ1) is 17.2. The average molecular weight is 390 g/mol. The van der Waals surface area contributed by atoms with Crippen LogP contribution in [0.3, 0.4) is 0 Å². The number of carbonyl (C=O) groups excluding carboxylic acids is 1. The van der Waals surface area contributed by atoms with Crippen LogP contribution >= 0.6 is 11.3 Å². The number of nitrogens with one attached hydrogen (secondary N) is 1. The quantitative estimate of drug-likeness (QED) is 0.540. The van der Waals surface area contributed by atoms with Crippen molar-refractivity contribution in [3.8, 4) is 0 Å². The number of carbonyl (C=O) groups is 1. The number of amides is 1. The standard InChI is InChI=1S/C18H9F3N2O3S/c19-18(20,21)9-5-6-11-15(7-9)27-17(22-11)23-16(25)14-8-12(24)10-3-1-2-4-13(10)26-14/h1-8H,(H,22,23,25). The normalized spacial score (nSPS) is 11.8. The molecule has 1 N–H and O–H groups in total. The van der Waals surface area contributed by atoms with E-state index in [0.717, 1.165) is 29.5 Å². The summed E-state index contributed by atoms with van der Waals surface area (Å²) in [7, 11) is 0. The van der Waals surface area contributed by atoms with Gasteiger partial charge in [0.25, 0.3) is 5.91 Å². The first-order valence-corrected chi connectivity index (χ1v) is 8.45.